The fourth-order valence-corrected chi connectivity index (χ4v) is 2.06. The van der Waals surface area contributed by atoms with Crippen molar-refractivity contribution in [2.45, 2.75) is 6.42 Å². The van der Waals surface area contributed by atoms with Gasteiger partial charge < -0.3 is 5.73 Å². The second-order valence-electron chi connectivity index (χ2n) is 3.62. The minimum Gasteiger partial charge on any atom is -0.398 e. The number of aromatic nitrogens is 1. The molecule has 0 spiro atoms. The third kappa shape index (κ3) is 5.98. The highest BCUT2D eigenvalue weighted by Gasteiger charge is 2.08. The van der Waals surface area contributed by atoms with E-state index in [1.165, 1.54) is 0 Å². The number of anilines is 1. The van der Waals surface area contributed by atoms with Crippen LogP contribution in [0.1, 0.15) is 16.8 Å². The van der Waals surface area contributed by atoms with Crippen LogP contribution in [0.4, 0.5) is 5.69 Å². The molecule has 0 atom stereocenters. The van der Waals surface area contributed by atoms with Gasteiger partial charge in [-0.25, -0.2) is 0 Å². The summed E-state index contributed by atoms with van der Waals surface area (Å²) in [6.45, 7) is 0. The van der Waals surface area contributed by atoms with E-state index in [1.807, 2.05) is 24.3 Å². The lowest BCUT2D eigenvalue weighted by Crippen LogP contribution is -2.03. The van der Waals surface area contributed by atoms with Gasteiger partial charge in [0, 0.05) is 39.9 Å². The topological polar surface area (TPSA) is 56.0 Å². The van der Waals surface area contributed by atoms with Crippen LogP contribution in [0.25, 0.3) is 0 Å². The van der Waals surface area contributed by atoms with Crippen molar-refractivity contribution < 1.29 is 4.79 Å². The number of pyridine rings is 1. The van der Waals surface area contributed by atoms with E-state index < -0.39 is 0 Å². The number of rotatable bonds is 3. The van der Waals surface area contributed by atoms with Crippen LogP contribution in [0.15, 0.2) is 53.3 Å². The SMILES string of the molecule is Nc1cc(Br)ccc1C(=O)CCBr.c1ccncc1. The second kappa shape index (κ2) is 8.82. The maximum atomic E-state index is 11.5. The summed E-state index contributed by atoms with van der Waals surface area (Å²) in [5.74, 6) is 0.0712. The number of nitrogens with zero attached hydrogens (tertiary/aromatic N) is 1. The van der Waals surface area contributed by atoms with E-state index in [-0.39, 0.29) is 5.78 Å². The number of hydrogen-bond acceptors (Lipinski definition) is 3. The van der Waals surface area contributed by atoms with Gasteiger partial charge in [0.05, 0.1) is 0 Å². The van der Waals surface area contributed by atoms with Gasteiger partial charge in [-0.3, -0.25) is 9.78 Å². The molecule has 0 aliphatic carbocycles. The predicted octanol–water partition coefficient (Wildman–Crippen LogP) is 4.08. The highest BCUT2D eigenvalue weighted by molar-refractivity contribution is 9.10. The maximum absolute atomic E-state index is 11.5. The van der Waals surface area contributed by atoms with Crippen LogP contribution in [-0.2, 0) is 0 Å². The molecule has 0 aliphatic heterocycles. The molecule has 0 saturated carbocycles. The van der Waals surface area contributed by atoms with Crippen LogP contribution in [0.3, 0.4) is 0 Å². The summed E-state index contributed by atoms with van der Waals surface area (Å²) in [4.78, 5) is 15.2. The fourth-order valence-electron chi connectivity index (χ4n) is 1.32. The van der Waals surface area contributed by atoms with Crippen LogP contribution in [0, 0.1) is 0 Å². The van der Waals surface area contributed by atoms with Crippen LogP contribution < -0.4 is 5.73 Å². The fraction of sp³-hybridized carbons (Fsp3) is 0.143. The van der Waals surface area contributed by atoms with E-state index in [0.717, 1.165) is 4.47 Å². The zero-order valence-corrected chi connectivity index (χ0v) is 13.4. The Bertz CT molecular complexity index is 491. The van der Waals surface area contributed by atoms with Crippen LogP contribution in [-0.4, -0.2) is 16.1 Å². The highest BCUT2D eigenvalue weighted by Crippen LogP contribution is 2.19. The molecule has 0 bridgehead atoms. The smallest absolute Gasteiger partial charge is 0.165 e. The van der Waals surface area contributed by atoms with Gasteiger partial charge in [-0.15, -0.1) is 0 Å². The molecule has 19 heavy (non-hydrogen) atoms. The van der Waals surface area contributed by atoms with Crippen LogP contribution in [0.5, 0.6) is 0 Å². The molecular weight excluding hydrogens is 372 g/mol. The summed E-state index contributed by atoms with van der Waals surface area (Å²) >= 11 is 6.50. The minimum atomic E-state index is 0.0712. The molecule has 0 unspecified atom stereocenters. The Balaban J connectivity index is 0.000000250. The summed E-state index contributed by atoms with van der Waals surface area (Å²) in [6.07, 6.45) is 3.98. The molecule has 1 aromatic carbocycles. The van der Waals surface area contributed by atoms with Crippen molar-refractivity contribution in [3.05, 3.63) is 58.8 Å². The van der Waals surface area contributed by atoms with Gasteiger partial charge in [-0.1, -0.05) is 37.9 Å². The Kier molecular flexibility index (Phi) is 7.36. The van der Waals surface area contributed by atoms with Crippen molar-refractivity contribution in [1.29, 1.82) is 0 Å². The molecule has 2 aromatic rings. The predicted molar refractivity (Wildman–Crippen MR) is 85.5 cm³/mol. The molecule has 2 rings (SSSR count). The number of nitrogen functional groups attached to an aromatic ring is 1. The van der Waals surface area contributed by atoms with E-state index >= 15 is 0 Å². The summed E-state index contributed by atoms with van der Waals surface area (Å²) in [7, 11) is 0. The number of carbonyl (C=O) groups excluding carboxylic acids is 1. The number of hydrogen-bond donors (Lipinski definition) is 1. The summed E-state index contributed by atoms with van der Waals surface area (Å²) in [5, 5.41) is 0.668. The molecule has 0 amide bonds. The first-order valence-corrected chi connectivity index (χ1v) is 7.55. The molecular formula is C14H14Br2N2O. The molecule has 0 aliphatic rings. The first-order valence-electron chi connectivity index (χ1n) is 5.64. The van der Waals surface area contributed by atoms with Gasteiger partial charge in [0.15, 0.2) is 5.78 Å². The number of Topliss-reactive ketones (excluding diaryl/α,β-unsaturated/α-hetero) is 1. The molecule has 5 heteroatoms. The zero-order chi connectivity index (χ0) is 14.1. The summed E-state index contributed by atoms with van der Waals surface area (Å²) in [6, 6.07) is 11.0. The maximum Gasteiger partial charge on any atom is 0.165 e. The monoisotopic (exact) mass is 384 g/mol. The van der Waals surface area contributed by atoms with Gasteiger partial charge in [0.2, 0.25) is 0 Å². The molecule has 0 radical (unpaired) electrons. The zero-order valence-electron chi connectivity index (χ0n) is 10.2. The molecule has 2 N–H and O–H groups in total. The minimum absolute atomic E-state index is 0.0712. The van der Waals surface area contributed by atoms with Gasteiger partial charge in [-0.2, -0.15) is 0 Å². The number of halogens is 2. The van der Waals surface area contributed by atoms with Gasteiger partial charge in [-0.05, 0) is 30.3 Å². The standard InChI is InChI=1S/C9H9Br2NO.C5H5N/c10-4-3-9(13)7-2-1-6(11)5-8(7)12;1-2-4-6-5-3-1/h1-2,5H,3-4,12H2;1-5H. The average molecular weight is 386 g/mol. The first kappa shape index (κ1) is 15.9. The summed E-state index contributed by atoms with van der Waals surface area (Å²) in [5.41, 5.74) is 6.81. The van der Waals surface area contributed by atoms with E-state index in [0.29, 0.717) is 23.0 Å². The Morgan fingerprint density at radius 2 is 1.89 bits per heavy atom. The van der Waals surface area contributed by atoms with Crippen molar-refractivity contribution in [2.75, 3.05) is 11.1 Å². The van der Waals surface area contributed by atoms with E-state index in [2.05, 4.69) is 36.8 Å². The quantitative estimate of drug-likeness (QED) is 0.492. The molecule has 1 heterocycles. The normalized spacial score (nSPS) is 9.37. The Labute approximate surface area is 129 Å². The molecule has 100 valence electrons. The third-order valence-electron chi connectivity index (χ3n) is 2.20. The van der Waals surface area contributed by atoms with Gasteiger partial charge >= 0.3 is 0 Å². The number of alkyl halides is 1. The average Bonchev–Trinajstić information content (AvgIpc) is 2.41. The number of carbonyl (C=O) groups is 1. The van der Waals surface area contributed by atoms with Crippen molar-refractivity contribution in [1.82, 2.24) is 4.98 Å². The Morgan fingerprint density at radius 3 is 2.32 bits per heavy atom. The molecule has 0 saturated heterocycles. The van der Waals surface area contributed by atoms with Crippen LogP contribution >= 0.6 is 31.9 Å². The number of nitrogens with two attached hydrogens (primary N) is 1. The lowest BCUT2D eigenvalue weighted by atomic mass is 10.1. The van der Waals surface area contributed by atoms with Gasteiger partial charge in [0.25, 0.3) is 0 Å². The summed E-state index contributed by atoms with van der Waals surface area (Å²) < 4.78 is 0.889. The molecule has 1 aromatic heterocycles. The van der Waals surface area contributed by atoms with E-state index in [4.69, 9.17) is 5.73 Å². The third-order valence-corrected chi connectivity index (χ3v) is 3.09. The number of benzene rings is 1. The van der Waals surface area contributed by atoms with Crippen molar-refractivity contribution in [3.8, 4) is 0 Å². The molecule has 3 nitrogen and oxygen atoms in total. The highest BCUT2D eigenvalue weighted by atomic mass is 79.9. The van der Waals surface area contributed by atoms with E-state index in [1.54, 1.807) is 24.5 Å². The lowest BCUT2D eigenvalue weighted by molar-refractivity contribution is 0.0990. The van der Waals surface area contributed by atoms with Crippen molar-refractivity contribution >= 4 is 43.3 Å². The Hall–Kier alpha value is -1.20. The van der Waals surface area contributed by atoms with Crippen LogP contribution in [0.2, 0.25) is 0 Å². The van der Waals surface area contributed by atoms with Crippen molar-refractivity contribution in [3.63, 3.8) is 0 Å². The molecule has 0 fully saturated rings. The largest absolute Gasteiger partial charge is 0.398 e. The Morgan fingerprint density at radius 1 is 1.21 bits per heavy atom. The number of ketones is 1. The van der Waals surface area contributed by atoms with Gasteiger partial charge in [0.1, 0.15) is 0 Å². The van der Waals surface area contributed by atoms with E-state index in [9.17, 15) is 4.79 Å². The second-order valence-corrected chi connectivity index (χ2v) is 5.33. The first-order chi connectivity index (χ1) is 9.15. The van der Waals surface area contributed by atoms with Crippen molar-refractivity contribution in [2.24, 2.45) is 0 Å². The lowest BCUT2D eigenvalue weighted by Gasteiger charge is -2.03.